The Morgan fingerprint density at radius 1 is 1.20 bits per heavy atom. The molecule has 0 aliphatic rings. The Balaban J connectivity index is 2.32. The second kappa shape index (κ2) is 6.79. The van der Waals surface area contributed by atoms with E-state index in [1.54, 1.807) is 12.1 Å². The summed E-state index contributed by atoms with van der Waals surface area (Å²) in [6.45, 7) is 4.09. The summed E-state index contributed by atoms with van der Waals surface area (Å²) in [5.74, 6) is -0.349. The molecule has 0 radical (unpaired) electrons. The molecule has 1 N–H and O–H groups in total. The molecule has 0 spiro atoms. The standard InChI is InChI=1S/C17H19FN2O4S/c1-17(2,12-5-4-6-13(18)9-12)11-19-15-8-7-14(20(21)22)10-16(15)25(3,23)24/h4-10,19H,11H2,1-3H3. The first-order valence-electron chi connectivity index (χ1n) is 7.49. The highest BCUT2D eigenvalue weighted by Crippen LogP contribution is 2.29. The summed E-state index contributed by atoms with van der Waals surface area (Å²) in [5.41, 5.74) is 0.245. The number of rotatable bonds is 6. The predicted octanol–water partition coefficient (Wildman–Crippen LogP) is 3.53. The molecule has 0 saturated heterocycles. The lowest BCUT2D eigenvalue weighted by Crippen LogP contribution is -2.28. The molecule has 25 heavy (non-hydrogen) atoms. The molecule has 0 heterocycles. The monoisotopic (exact) mass is 366 g/mol. The van der Waals surface area contributed by atoms with Crippen LogP contribution >= 0.6 is 0 Å². The highest BCUT2D eigenvalue weighted by atomic mass is 32.2. The molecule has 6 nitrogen and oxygen atoms in total. The lowest BCUT2D eigenvalue weighted by molar-refractivity contribution is -0.385. The number of hydrogen-bond donors (Lipinski definition) is 1. The van der Waals surface area contributed by atoms with Gasteiger partial charge in [-0.2, -0.15) is 0 Å². The van der Waals surface area contributed by atoms with Gasteiger partial charge in [0.25, 0.3) is 5.69 Å². The van der Waals surface area contributed by atoms with E-state index in [9.17, 15) is 22.9 Å². The van der Waals surface area contributed by atoms with Crippen LogP contribution in [-0.2, 0) is 15.3 Å². The van der Waals surface area contributed by atoms with Gasteiger partial charge in [0.2, 0.25) is 0 Å². The average Bonchev–Trinajstić information content (AvgIpc) is 2.52. The van der Waals surface area contributed by atoms with E-state index in [-0.39, 0.29) is 22.1 Å². The summed E-state index contributed by atoms with van der Waals surface area (Å²) in [7, 11) is -3.66. The molecule has 0 amide bonds. The van der Waals surface area contributed by atoms with Gasteiger partial charge in [-0.15, -0.1) is 0 Å². The second-order valence-corrected chi connectivity index (χ2v) is 8.44. The highest BCUT2D eigenvalue weighted by Gasteiger charge is 2.23. The molecular weight excluding hydrogens is 347 g/mol. The topological polar surface area (TPSA) is 89.3 Å². The van der Waals surface area contributed by atoms with Crippen LogP contribution in [0.5, 0.6) is 0 Å². The van der Waals surface area contributed by atoms with Gasteiger partial charge in [0.05, 0.1) is 15.5 Å². The molecule has 8 heteroatoms. The molecule has 0 aromatic heterocycles. The third-order valence-corrected chi connectivity index (χ3v) is 5.04. The number of non-ortho nitro benzene ring substituents is 1. The van der Waals surface area contributed by atoms with Gasteiger partial charge >= 0.3 is 0 Å². The summed E-state index contributed by atoms with van der Waals surface area (Å²) < 4.78 is 37.3. The maximum atomic E-state index is 13.4. The predicted molar refractivity (Wildman–Crippen MR) is 94.1 cm³/mol. The molecule has 0 saturated carbocycles. The van der Waals surface area contributed by atoms with Crippen molar-refractivity contribution in [2.45, 2.75) is 24.2 Å². The fourth-order valence-electron chi connectivity index (χ4n) is 2.41. The van der Waals surface area contributed by atoms with Crippen LogP contribution in [0.1, 0.15) is 19.4 Å². The zero-order valence-corrected chi connectivity index (χ0v) is 14.9. The molecule has 134 valence electrons. The van der Waals surface area contributed by atoms with Gasteiger partial charge in [0.1, 0.15) is 5.82 Å². The van der Waals surface area contributed by atoms with Gasteiger partial charge in [-0.05, 0) is 23.8 Å². The van der Waals surface area contributed by atoms with Crippen LogP contribution in [-0.4, -0.2) is 26.1 Å². The maximum absolute atomic E-state index is 13.4. The largest absolute Gasteiger partial charge is 0.383 e. The van der Waals surface area contributed by atoms with Crippen molar-refractivity contribution in [2.75, 3.05) is 18.1 Å². The number of halogens is 1. The highest BCUT2D eigenvalue weighted by molar-refractivity contribution is 7.90. The van der Waals surface area contributed by atoms with Crippen molar-refractivity contribution in [1.29, 1.82) is 0 Å². The fourth-order valence-corrected chi connectivity index (χ4v) is 3.28. The number of sulfone groups is 1. The molecule has 0 fully saturated rings. The first-order valence-corrected chi connectivity index (χ1v) is 9.38. The Morgan fingerprint density at radius 3 is 2.44 bits per heavy atom. The number of anilines is 1. The van der Waals surface area contributed by atoms with E-state index in [4.69, 9.17) is 0 Å². The van der Waals surface area contributed by atoms with Gasteiger partial charge in [-0.1, -0.05) is 26.0 Å². The summed E-state index contributed by atoms with van der Waals surface area (Å²) in [5, 5.41) is 13.9. The van der Waals surface area contributed by atoms with E-state index in [1.165, 1.54) is 24.3 Å². The van der Waals surface area contributed by atoms with Crippen LogP contribution in [0.2, 0.25) is 0 Å². The van der Waals surface area contributed by atoms with Gasteiger partial charge in [-0.25, -0.2) is 12.8 Å². The molecule has 2 aromatic carbocycles. The lowest BCUT2D eigenvalue weighted by Gasteiger charge is -2.26. The number of hydrogen-bond acceptors (Lipinski definition) is 5. The minimum absolute atomic E-state index is 0.142. The molecule has 0 atom stereocenters. The average molecular weight is 366 g/mol. The molecule has 2 aromatic rings. The van der Waals surface area contributed by atoms with Crippen LogP contribution in [0.3, 0.4) is 0 Å². The Kier molecular flexibility index (Phi) is 5.12. The van der Waals surface area contributed by atoms with Gasteiger partial charge < -0.3 is 5.32 Å². The van der Waals surface area contributed by atoms with Crippen LogP contribution < -0.4 is 5.32 Å². The number of benzene rings is 2. The van der Waals surface area contributed by atoms with Crippen LogP contribution in [0.15, 0.2) is 47.4 Å². The van der Waals surface area contributed by atoms with Crippen molar-refractivity contribution in [2.24, 2.45) is 0 Å². The summed E-state index contributed by atoms with van der Waals surface area (Å²) >= 11 is 0. The fraction of sp³-hybridized carbons (Fsp3) is 0.294. The van der Waals surface area contributed by atoms with Crippen molar-refractivity contribution in [1.82, 2.24) is 0 Å². The van der Waals surface area contributed by atoms with Crippen LogP contribution in [0.25, 0.3) is 0 Å². The molecule has 0 aliphatic carbocycles. The van der Waals surface area contributed by atoms with Crippen molar-refractivity contribution in [3.8, 4) is 0 Å². The van der Waals surface area contributed by atoms with E-state index >= 15 is 0 Å². The molecule has 0 aliphatic heterocycles. The zero-order valence-electron chi connectivity index (χ0n) is 14.1. The van der Waals surface area contributed by atoms with E-state index in [2.05, 4.69) is 5.32 Å². The maximum Gasteiger partial charge on any atom is 0.270 e. The zero-order chi connectivity index (χ0) is 18.8. The minimum atomic E-state index is -3.66. The van der Waals surface area contributed by atoms with Crippen molar-refractivity contribution < 1.29 is 17.7 Å². The molecule has 0 bridgehead atoms. The van der Waals surface area contributed by atoms with Gasteiger partial charge in [0, 0.05) is 30.3 Å². The molecule has 0 unspecified atom stereocenters. The Hall–Kier alpha value is -2.48. The minimum Gasteiger partial charge on any atom is -0.383 e. The third-order valence-electron chi connectivity index (χ3n) is 3.90. The van der Waals surface area contributed by atoms with Gasteiger partial charge in [0.15, 0.2) is 9.84 Å². The van der Waals surface area contributed by atoms with Gasteiger partial charge in [-0.3, -0.25) is 10.1 Å². The number of nitrogens with zero attached hydrogens (tertiary/aromatic N) is 1. The summed E-state index contributed by atoms with van der Waals surface area (Å²) in [6.07, 6.45) is 0.995. The molecular formula is C17H19FN2O4S. The van der Waals surface area contributed by atoms with Crippen molar-refractivity contribution in [3.63, 3.8) is 0 Å². The lowest BCUT2D eigenvalue weighted by atomic mass is 9.84. The van der Waals surface area contributed by atoms with E-state index in [0.29, 0.717) is 6.54 Å². The first kappa shape index (κ1) is 18.9. The second-order valence-electron chi connectivity index (χ2n) is 6.46. The first-order chi connectivity index (χ1) is 11.5. The normalized spacial score (nSPS) is 12.0. The number of nitro groups is 1. The van der Waals surface area contributed by atoms with E-state index in [0.717, 1.165) is 17.9 Å². The van der Waals surface area contributed by atoms with Crippen LogP contribution in [0, 0.1) is 15.9 Å². The van der Waals surface area contributed by atoms with E-state index in [1.807, 2.05) is 13.8 Å². The third kappa shape index (κ3) is 4.54. The Labute approximate surface area is 145 Å². The van der Waals surface area contributed by atoms with Crippen LogP contribution in [0.4, 0.5) is 15.8 Å². The summed E-state index contributed by atoms with van der Waals surface area (Å²) in [6, 6.07) is 9.83. The Bertz CT molecular complexity index is 911. The quantitative estimate of drug-likeness (QED) is 0.624. The summed E-state index contributed by atoms with van der Waals surface area (Å²) in [4.78, 5) is 10.1. The SMILES string of the molecule is CC(C)(CNc1ccc([N+](=O)[O-])cc1S(C)(=O)=O)c1cccc(F)c1. The van der Waals surface area contributed by atoms with E-state index < -0.39 is 20.2 Å². The smallest absolute Gasteiger partial charge is 0.270 e. The molecule has 2 rings (SSSR count). The van der Waals surface area contributed by atoms with Crippen molar-refractivity contribution >= 4 is 21.2 Å². The number of nitro benzene ring substituents is 1. The Morgan fingerprint density at radius 2 is 1.88 bits per heavy atom. The number of nitrogens with one attached hydrogen (secondary N) is 1. The van der Waals surface area contributed by atoms with Crippen molar-refractivity contribution in [3.05, 3.63) is 64.0 Å².